The first-order chi connectivity index (χ1) is 7.28. The van der Waals surface area contributed by atoms with Gasteiger partial charge in [-0.05, 0) is 18.8 Å². The molecule has 0 saturated heterocycles. The Kier molecular flexibility index (Phi) is 3.43. The first kappa shape index (κ1) is 10.7. The molecular weight excluding hydrogens is 212 g/mol. The third-order valence-electron chi connectivity index (χ3n) is 2.22. The van der Waals surface area contributed by atoms with Gasteiger partial charge in [-0.2, -0.15) is 0 Å². The molecule has 0 spiro atoms. The molecule has 2 rings (SSSR count). The standard InChI is InChI=1S/C10H14N2O2S/c1-14-5-8-4-9(13)12-10(11-8)15-6-7-2-3-7/h4,7H,2-3,5-6H2,1H3,(H,11,12,13). The van der Waals surface area contributed by atoms with Gasteiger partial charge in [0.2, 0.25) is 0 Å². The van der Waals surface area contributed by atoms with Crippen LogP contribution >= 0.6 is 11.8 Å². The highest BCUT2D eigenvalue weighted by atomic mass is 32.2. The Balaban J connectivity index is 2.04. The van der Waals surface area contributed by atoms with Gasteiger partial charge in [0.1, 0.15) is 0 Å². The molecule has 1 aliphatic rings. The molecular formula is C10H14N2O2S. The van der Waals surface area contributed by atoms with Crippen molar-refractivity contribution in [3.63, 3.8) is 0 Å². The fraction of sp³-hybridized carbons (Fsp3) is 0.600. The van der Waals surface area contributed by atoms with Crippen LogP contribution < -0.4 is 5.56 Å². The van der Waals surface area contributed by atoms with E-state index in [0.29, 0.717) is 17.5 Å². The van der Waals surface area contributed by atoms with Gasteiger partial charge >= 0.3 is 0 Å². The van der Waals surface area contributed by atoms with Gasteiger partial charge in [0, 0.05) is 18.9 Å². The summed E-state index contributed by atoms with van der Waals surface area (Å²) >= 11 is 1.62. The highest BCUT2D eigenvalue weighted by Gasteiger charge is 2.21. The third-order valence-corrected chi connectivity index (χ3v) is 3.32. The van der Waals surface area contributed by atoms with Crippen molar-refractivity contribution in [2.24, 2.45) is 5.92 Å². The van der Waals surface area contributed by atoms with Gasteiger partial charge in [0.25, 0.3) is 5.56 Å². The Bertz CT molecular complexity index is 387. The molecule has 1 aromatic rings. The molecule has 0 aromatic carbocycles. The zero-order chi connectivity index (χ0) is 10.7. The number of nitrogens with zero attached hydrogens (tertiary/aromatic N) is 1. The summed E-state index contributed by atoms with van der Waals surface area (Å²) in [6.45, 7) is 0.390. The van der Waals surface area contributed by atoms with E-state index < -0.39 is 0 Å². The Labute approximate surface area is 92.5 Å². The van der Waals surface area contributed by atoms with E-state index in [1.165, 1.54) is 18.9 Å². The van der Waals surface area contributed by atoms with Crippen molar-refractivity contribution in [1.29, 1.82) is 0 Å². The maximum absolute atomic E-state index is 11.3. The number of rotatable bonds is 5. The molecule has 1 aliphatic carbocycles. The van der Waals surface area contributed by atoms with Crippen molar-refractivity contribution in [2.45, 2.75) is 24.6 Å². The van der Waals surface area contributed by atoms with Crippen LogP contribution in [0.5, 0.6) is 0 Å². The summed E-state index contributed by atoms with van der Waals surface area (Å²) in [4.78, 5) is 18.3. The number of nitrogens with one attached hydrogen (secondary N) is 1. The maximum Gasteiger partial charge on any atom is 0.251 e. The number of hydrogen-bond acceptors (Lipinski definition) is 4. The monoisotopic (exact) mass is 226 g/mol. The summed E-state index contributed by atoms with van der Waals surface area (Å²) in [6.07, 6.45) is 2.63. The molecule has 1 aromatic heterocycles. The molecule has 15 heavy (non-hydrogen) atoms. The van der Waals surface area contributed by atoms with Crippen molar-refractivity contribution in [3.8, 4) is 0 Å². The number of hydrogen-bond donors (Lipinski definition) is 1. The second kappa shape index (κ2) is 4.81. The van der Waals surface area contributed by atoms with Crippen LogP contribution in [0.25, 0.3) is 0 Å². The molecule has 82 valence electrons. The largest absolute Gasteiger partial charge is 0.378 e. The fourth-order valence-corrected chi connectivity index (χ4v) is 2.34. The van der Waals surface area contributed by atoms with Crippen LogP contribution in [0, 0.1) is 5.92 Å². The van der Waals surface area contributed by atoms with E-state index in [0.717, 1.165) is 11.7 Å². The quantitative estimate of drug-likeness (QED) is 0.609. The van der Waals surface area contributed by atoms with Gasteiger partial charge in [-0.25, -0.2) is 4.98 Å². The van der Waals surface area contributed by atoms with Crippen LogP contribution in [0.15, 0.2) is 16.0 Å². The first-order valence-corrected chi connectivity index (χ1v) is 5.98. The van der Waals surface area contributed by atoms with Crippen LogP contribution in [0.3, 0.4) is 0 Å². The lowest BCUT2D eigenvalue weighted by molar-refractivity contribution is 0.180. The predicted octanol–water partition coefficient (Wildman–Crippen LogP) is 1.42. The molecule has 0 amide bonds. The average Bonchev–Trinajstić information content (AvgIpc) is 2.98. The van der Waals surface area contributed by atoms with Gasteiger partial charge in [-0.1, -0.05) is 11.8 Å². The van der Waals surface area contributed by atoms with Crippen LogP contribution in [-0.4, -0.2) is 22.8 Å². The Morgan fingerprint density at radius 2 is 2.47 bits per heavy atom. The molecule has 0 aliphatic heterocycles. The lowest BCUT2D eigenvalue weighted by atomic mass is 10.4. The Morgan fingerprint density at radius 3 is 3.13 bits per heavy atom. The fourth-order valence-electron chi connectivity index (χ4n) is 1.25. The number of thioether (sulfide) groups is 1. The molecule has 1 fully saturated rings. The molecule has 1 N–H and O–H groups in total. The summed E-state index contributed by atoms with van der Waals surface area (Å²) in [7, 11) is 1.60. The van der Waals surface area contributed by atoms with Crippen LogP contribution in [0.4, 0.5) is 0 Å². The molecule has 1 heterocycles. The minimum Gasteiger partial charge on any atom is -0.378 e. The Hall–Kier alpha value is -0.810. The molecule has 1 saturated carbocycles. The van der Waals surface area contributed by atoms with Crippen molar-refractivity contribution in [1.82, 2.24) is 9.97 Å². The number of aromatic nitrogens is 2. The number of ether oxygens (including phenoxy) is 1. The van der Waals surface area contributed by atoms with Crippen LogP contribution in [0.1, 0.15) is 18.5 Å². The van der Waals surface area contributed by atoms with Crippen molar-refractivity contribution < 1.29 is 4.74 Å². The molecule has 0 bridgehead atoms. The second-order valence-corrected chi connectivity index (χ2v) is 4.74. The average molecular weight is 226 g/mol. The summed E-state index contributed by atoms with van der Waals surface area (Å²) in [5.41, 5.74) is 0.592. The summed E-state index contributed by atoms with van der Waals surface area (Å²) in [6, 6.07) is 1.48. The van der Waals surface area contributed by atoms with Crippen molar-refractivity contribution >= 4 is 11.8 Å². The number of aromatic amines is 1. The molecule has 0 atom stereocenters. The lowest BCUT2D eigenvalue weighted by Gasteiger charge is -2.02. The van der Waals surface area contributed by atoms with E-state index in [2.05, 4.69) is 9.97 Å². The molecule has 5 heteroatoms. The summed E-state index contributed by atoms with van der Waals surface area (Å²) in [5, 5.41) is 0.710. The smallest absolute Gasteiger partial charge is 0.251 e. The van der Waals surface area contributed by atoms with E-state index in [1.54, 1.807) is 18.9 Å². The van der Waals surface area contributed by atoms with E-state index >= 15 is 0 Å². The van der Waals surface area contributed by atoms with E-state index in [-0.39, 0.29) is 5.56 Å². The second-order valence-electron chi connectivity index (χ2n) is 3.73. The van der Waals surface area contributed by atoms with E-state index in [4.69, 9.17) is 4.74 Å². The van der Waals surface area contributed by atoms with Crippen LogP contribution in [-0.2, 0) is 11.3 Å². The topological polar surface area (TPSA) is 55.0 Å². The molecule has 0 radical (unpaired) electrons. The van der Waals surface area contributed by atoms with Gasteiger partial charge in [-0.15, -0.1) is 0 Å². The van der Waals surface area contributed by atoms with Gasteiger partial charge in [-0.3, -0.25) is 4.79 Å². The molecule has 4 nitrogen and oxygen atoms in total. The summed E-state index contributed by atoms with van der Waals surface area (Å²) < 4.78 is 4.95. The van der Waals surface area contributed by atoms with Crippen molar-refractivity contribution in [3.05, 3.63) is 22.1 Å². The number of methoxy groups -OCH3 is 1. The van der Waals surface area contributed by atoms with Gasteiger partial charge in [0.15, 0.2) is 5.16 Å². The Morgan fingerprint density at radius 1 is 1.67 bits per heavy atom. The highest BCUT2D eigenvalue weighted by molar-refractivity contribution is 7.99. The maximum atomic E-state index is 11.3. The van der Waals surface area contributed by atoms with Gasteiger partial charge < -0.3 is 9.72 Å². The van der Waals surface area contributed by atoms with Crippen molar-refractivity contribution in [2.75, 3.05) is 12.9 Å². The highest BCUT2D eigenvalue weighted by Crippen LogP contribution is 2.33. The third kappa shape index (κ3) is 3.35. The zero-order valence-electron chi connectivity index (χ0n) is 8.66. The minimum absolute atomic E-state index is 0.102. The normalized spacial score (nSPS) is 15.5. The lowest BCUT2D eigenvalue weighted by Crippen LogP contribution is -2.10. The molecule has 0 unspecified atom stereocenters. The first-order valence-electron chi connectivity index (χ1n) is 5.00. The number of H-pyrrole nitrogens is 1. The SMILES string of the molecule is COCc1cc(=O)[nH]c(SCC2CC2)n1. The van der Waals surface area contributed by atoms with E-state index in [9.17, 15) is 4.79 Å². The zero-order valence-corrected chi connectivity index (χ0v) is 9.47. The minimum atomic E-state index is -0.102. The van der Waals surface area contributed by atoms with E-state index in [1.807, 2.05) is 0 Å². The predicted molar refractivity (Wildman–Crippen MR) is 59.0 cm³/mol. The van der Waals surface area contributed by atoms with Gasteiger partial charge in [0.05, 0.1) is 12.3 Å². The van der Waals surface area contributed by atoms with Crippen LogP contribution in [0.2, 0.25) is 0 Å². The summed E-state index contributed by atoms with van der Waals surface area (Å²) in [5.74, 6) is 1.88.